The maximum atomic E-state index is 11.4. The normalized spacial score (nSPS) is 12.4. The van der Waals surface area contributed by atoms with E-state index in [0.29, 0.717) is 5.57 Å². The second-order valence-corrected chi connectivity index (χ2v) is 3.74. The van der Waals surface area contributed by atoms with E-state index in [0.717, 1.165) is 17.6 Å². The van der Waals surface area contributed by atoms with E-state index in [4.69, 9.17) is 4.74 Å². The summed E-state index contributed by atoms with van der Waals surface area (Å²) in [7, 11) is 1.40. The molecule has 2 heteroatoms. The maximum absolute atomic E-state index is 11.4. The summed E-state index contributed by atoms with van der Waals surface area (Å²) in [5.74, 6) is -0.264. The van der Waals surface area contributed by atoms with Crippen molar-refractivity contribution in [3.63, 3.8) is 0 Å². The van der Waals surface area contributed by atoms with E-state index in [2.05, 4.69) is 0 Å². The van der Waals surface area contributed by atoms with Gasteiger partial charge in [-0.15, -0.1) is 0 Å². The highest BCUT2D eigenvalue weighted by molar-refractivity contribution is 5.89. The molecule has 0 fully saturated rings. The van der Waals surface area contributed by atoms with Gasteiger partial charge in [0.2, 0.25) is 0 Å². The van der Waals surface area contributed by atoms with Gasteiger partial charge in [0.1, 0.15) is 0 Å². The number of benzene rings is 1. The molecule has 0 aromatic heterocycles. The van der Waals surface area contributed by atoms with Gasteiger partial charge in [-0.3, -0.25) is 0 Å². The fraction of sp³-hybridized carbons (Fsp3) is 0.267. The number of ether oxygens (including phenoxy) is 1. The van der Waals surface area contributed by atoms with Crippen molar-refractivity contribution in [1.29, 1.82) is 0 Å². The highest BCUT2D eigenvalue weighted by Crippen LogP contribution is 2.13. The van der Waals surface area contributed by atoms with Crippen LogP contribution >= 0.6 is 0 Å². The van der Waals surface area contributed by atoms with Crippen molar-refractivity contribution in [2.45, 2.75) is 20.3 Å². The molecule has 0 unspecified atom stereocenters. The van der Waals surface area contributed by atoms with Crippen molar-refractivity contribution < 1.29 is 9.53 Å². The van der Waals surface area contributed by atoms with Crippen LogP contribution in [-0.4, -0.2) is 13.1 Å². The molecule has 0 heterocycles. The van der Waals surface area contributed by atoms with E-state index in [-0.39, 0.29) is 5.97 Å². The van der Waals surface area contributed by atoms with Crippen LogP contribution in [0.2, 0.25) is 0 Å². The van der Waals surface area contributed by atoms with Crippen LogP contribution in [-0.2, 0) is 9.53 Å². The van der Waals surface area contributed by atoms with Gasteiger partial charge in [0, 0.05) is 5.57 Å². The quantitative estimate of drug-likeness (QED) is 0.449. The Bertz CT molecular complexity index is 427. The molecule has 0 spiro atoms. The number of methoxy groups -OCH3 is 1. The summed E-state index contributed by atoms with van der Waals surface area (Å²) >= 11 is 0. The number of esters is 1. The van der Waals surface area contributed by atoms with E-state index >= 15 is 0 Å². The predicted octanol–water partition coefficient (Wildman–Crippen LogP) is 3.60. The maximum Gasteiger partial charge on any atom is 0.333 e. The molecular weight excluding hydrogens is 212 g/mol. The zero-order valence-electron chi connectivity index (χ0n) is 10.6. The molecule has 0 aliphatic heterocycles. The first-order chi connectivity index (χ1) is 8.19. The Morgan fingerprint density at radius 1 is 1.29 bits per heavy atom. The Labute approximate surface area is 103 Å². The Morgan fingerprint density at radius 2 is 1.94 bits per heavy atom. The van der Waals surface area contributed by atoms with Crippen LogP contribution < -0.4 is 0 Å². The average molecular weight is 230 g/mol. The van der Waals surface area contributed by atoms with Crippen LogP contribution in [0.15, 0.2) is 47.6 Å². The number of allylic oxidation sites excluding steroid dienone is 2. The molecule has 0 N–H and O–H groups in total. The van der Waals surface area contributed by atoms with Crippen LogP contribution in [0.25, 0.3) is 6.08 Å². The second-order valence-electron chi connectivity index (χ2n) is 3.74. The van der Waals surface area contributed by atoms with E-state index < -0.39 is 0 Å². The molecule has 0 radical (unpaired) electrons. The van der Waals surface area contributed by atoms with E-state index in [9.17, 15) is 4.79 Å². The lowest BCUT2D eigenvalue weighted by atomic mass is 10.1. The molecule has 0 aliphatic carbocycles. The molecule has 0 bridgehead atoms. The van der Waals surface area contributed by atoms with Gasteiger partial charge in [-0.05, 0) is 24.5 Å². The Morgan fingerprint density at radius 3 is 2.47 bits per heavy atom. The molecule has 17 heavy (non-hydrogen) atoms. The lowest BCUT2D eigenvalue weighted by Gasteiger charge is -2.04. The summed E-state index contributed by atoms with van der Waals surface area (Å²) in [5.41, 5.74) is 2.79. The summed E-state index contributed by atoms with van der Waals surface area (Å²) in [6.45, 7) is 3.82. The fourth-order valence-electron chi connectivity index (χ4n) is 1.55. The van der Waals surface area contributed by atoms with Gasteiger partial charge < -0.3 is 4.74 Å². The largest absolute Gasteiger partial charge is 0.466 e. The lowest BCUT2D eigenvalue weighted by molar-refractivity contribution is -0.136. The van der Waals surface area contributed by atoms with Gasteiger partial charge in [0.15, 0.2) is 0 Å². The van der Waals surface area contributed by atoms with E-state index in [1.807, 2.05) is 49.4 Å². The summed E-state index contributed by atoms with van der Waals surface area (Å²) in [5, 5.41) is 0. The summed E-state index contributed by atoms with van der Waals surface area (Å²) in [6.07, 6.45) is 4.79. The highest BCUT2D eigenvalue weighted by atomic mass is 16.5. The minimum absolute atomic E-state index is 0.264. The van der Waals surface area contributed by atoms with Crippen LogP contribution in [0.5, 0.6) is 0 Å². The monoisotopic (exact) mass is 230 g/mol. The number of carbonyl (C=O) groups is 1. The summed E-state index contributed by atoms with van der Waals surface area (Å²) in [6, 6.07) is 10.0. The van der Waals surface area contributed by atoms with Crippen LogP contribution in [0.1, 0.15) is 25.8 Å². The van der Waals surface area contributed by atoms with Crippen molar-refractivity contribution in [2.75, 3.05) is 7.11 Å². The molecule has 90 valence electrons. The van der Waals surface area contributed by atoms with Gasteiger partial charge in [0.05, 0.1) is 7.11 Å². The molecule has 0 atom stereocenters. The number of hydrogen-bond acceptors (Lipinski definition) is 2. The Kier molecular flexibility index (Phi) is 5.21. The first kappa shape index (κ1) is 13.2. The third kappa shape index (κ3) is 3.91. The molecule has 1 aromatic carbocycles. The molecule has 0 saturated carbocycles. The van der Waals surface area contributed by atoms with Crippen LogP contribution in [0.3, 0.4) is 0 Å². The van der Waals surface area contributed by atoms with Gasteiger partial charge >= 0.3 is 5.97 Å². The van der Waals surface area contributed by atoms with Gasteiger partial charge in [-0.2, -0.15) is 0 Å². The second kappa shape index (κ2) is 6.69. The Balaban J connectivity index is 2.91. The van der Waals surface area contributed by atoms with Crippen molar-refractivity contribution in [2.24, 2.45) is 0 Å². The zero-order valence-corrected chi connectivity index (χ0v) is 10.6. The lowest BCUT2D eigenvalue weighted by Crippen LogP contribution is -2.03. The zero-order chi connectivity index (χ0) is 12.7. The number of hydrogen-bond donors (Lipinski definition) is 0. The summed E-state index contributed by atoms with van der Waals surface area (Å²) < 4.78 is 4.72. The molecule has 1 rings (SSSR count). The fourth-order valence-corrected chi connectivity index (χ4v) is 1.55. The molecule has 0 saturated heterocycles. The number of rotatable bonds is 4. The van der Waals surface area contributed by atoms with Crippen molar-refractivity contribution in [3.8, 4) is 0 Å². The van der Waals surface area contributed by atoms with Crippen LogP contribution in [0.4, 0.5) is 0 Å². The van der Waals surface area contributed by atoms with Gasteiger partial charge in [-0.1, -0.05) is 49.4 Å². The number of carbonyl (C=O) groups excluding carboxylic acids is 1. The predicted molar refractivity (Wildman–Crippen MR) is 70.5 cm³/mol. The molecule has 0 aliphatic rings. The van der Waals surface area contributed by atoms with Crippen LogP contribution in [0, 0.1) is 0 Å². The van der Waals surface area contributed by atoms with Gasteiger partial charge in [-0.25, -0.2) is 4.79 Å². The van der Waals surface area contributed by atoms with E-state index in [1.165, 1.54) is 7.11 Å². The molecule has 0 amide bonds. The summed E-state index contributed by atoms with van der Waals surface area (Å²) in [4.78, 5) is 11.4. The first-order valence-corrected chi connectivity index (χ1v) is 5.70. The SMILES string of the molecule is CCC(C=Cc1ccccc1)=C(C)C(=O)OC. The standard InChI is InChI=1S/C15H18O2/c1-4-14(12(2)15(16)17-3)11-10-13-8-6-5-7-9-13/h5-11H,4H2,1-3H3. The first-order valence-electron chi connectivity index (χ1n) is 5.70. The minimum Gasteiger partial charge on any atom is -0.466 e. The smallest absolute Gasteiger partial charge is 0.333 e. The van der Waals surface area contributed by atoms with E-state index in [1.54, 1.807) is 6.92 Å². The third-order valence-corrected chi connectivity index (χ3v) is 2.63. The van der Waals surface area contributed by atoms with Crippen molar-refractivity contribution >= 4 is 12.0 Å². The molecule has 2 nitrogen and oxygen atoms in total. The van der Waals surface area contributed by atoms with Gasteiger partial charge in [0.25, 0.3) is 0 Å². The molecular formula is C15H18O2. The minimum atomic E-state index is -0.264. The average Bonchev–Trinajstić information content (AvgIpc) is 2.39. The Hall–Kier alpha value is -1.83. The topological polar surface area (TPSA) is 26.3 Å². The third-order valence-electron chi connectivity index (χ3n) is 2.63. The van der Waals surface area contributed by atoms with Crippen molar-refractivity contribution in [1.82, 2.24) is 0 Å². The molecule has 1 aromatic rings. The highest BCUT2D eigenvalue weighted by Gasteiger charge is 2.06. The van der Waals surface area contributed by atoms with Crippen molar-refractivity contribution in [3.05, 3.63) is 53.1 Å².